The lowest BCUT2D eigenvalue weighted by Gasteiger charge is -2.12. The van der Waals surface area contributed by atoms with Crippen molar-refractivity contribution >= 4 is 60.2 Å². The number of aromatic nitrogens is 5. The molecule has 0 bridgehead atoms. The summed E-state index contributed by atoms with van der Waals surface area (Å²) in [7, 11) is 0. The Morgan fingerprint density at radius 1 is 0.365 bits per heavy atom. The van der Waals surface area contributed by atoms with E-state index < -0.39 is 0 Å². The van der Waals surface area contributed by atoms with E-state index in [9.17, 15) is 0 Å². The molecule has 0 unspecified atom stereocenters. The van der Waals surface area contributed by atoms with Crippen LogP contribution in [0.2, 0.25) is 0 Å². The van der Waals surface area contributed by atoms with Gasteiger partial charge in [0.05, 0.1) is 33.5 Å². The van der Waals surface area contributed by atoms with Gasteiger partial charge in [0, 0.05) is 43.9 Å². The van der Waals surface area contributed by atoms with Gasteiger partial charge in [0.15, 0.2) is 5.82 Å². The van der Waals surface area contributed by atoms with E-state index in [0.717, 1.165) is 72.4 Å². The van der Waals surface area contributed by atoms with Crippen LogP contribution in [0.1, 0.15) is 0 Å². The van der Waals surface area contributed by atoms with Crippen molar-refractivity contribution in [1.82, 2.24) is 23.9 Å². The van der Waals surface area contributed by atoms with Crippen molar-refractivity contribution in [2.75, 3.05) is 0 Å². The van der Waals surface area contributed by atoms with E-state index in [2.05, 4.69) is 148 Å². The second-order valence-corrected chi connectivity index (χ2v) is 13.3. The van der Waals surface area contributed by atoms with Crippen LogP contribution in [0.3, 0.4) is 0 Å². The normalized spacial score (nSPS) is 11.8. The van der Waals surface area contributed by atoms with Gasteiger partial charge >= 0.3 is 0 Å². The molecule has 5 heteroatoms. The molecule has 0 radical (unpaired) electrons. The van der Waals surface area contributed by atoms with E-state index in [-0.39, 0.29) is 0 Å². The van der Waals surface area contributed by atoms with Gasteiger partial charge in [0.2, 0.25) is 0 Å². The Kier molecular flexibility index (Phi) is 6.18. The smallest absolute Gasteiger partial charge is 0.160 e. The van der Waals surface area contributed by atoms with Crippen LogP contribution in [0.25, 0.3) is 99.8 Å². The van der Waals surface area contributed by atoms with Gasteiger partial charge < -0.3 is 4.57 Å². The molecule has 11 aromatic rings. The minimum Gasteiger partial charge on any atom is -0.307 e. The number of nitrogens with zero attached hydrogens (tertiary/aromatic N) is 5. The van der Waals surface area contributed by atoms with E-state index in [0.29, 0.717) is 5.82 Å². The Balaban J connectivity index is 1.20. The van der Waals surface area contributed by atoms with Crippen LogP contribution in [-0.4, -0.2) is 23.9 Å². The molecule has 7 aromatic carbocycles. The highest BCUT2D eigenvalue weighted by molar-refractivity contribution is 6.20. The molecule has 242 valence electrons. The SMILES string of the molecule is c1ccc(-c2cc(-c3ccccc3)nc(-c3cccc(-n4c5ccccc5c5ccc6c(nc7c8ccccc8c8ccccc8n67)c54)c3)n2)cc1. The van der Waals surface area contributed by atoms with Crippen LogP contribution < -0.4 is 0 Å². The fourth-order valence-corrected chi connectivity index (χ4v) is 7.97. The summed E-state index contributed by atoms with van der Waals surface area (Å²) in [6.45, 7) is 0. The molecule has 4 heterocycles. The van der Waals surface area contributed by atoms with Crippen molar-refractivity contribution < 1.29 is 0 Å². The van der Waals surface area contributed by atoms with Gasteiger partial charge in [-0.05, 0) is 47.9 Å². The maximum absolute atomic E-state index is 5.49. The summed E-state index contributed by atoms with van der Waals surface area (Å²) in [5.74, 6) is 0.679. The summed E-state index contributed by atoms with van der Waals surface area (Å²) in [4.78, 5) is 15.8. The fourth-order valence-electron chi connectivity index (χ4n) is 7.97. The first-order chi connectivity index (χ1) is 25.8. The Morgan fingerprint density at radius 2 is 0.942 bits per heavy atom. The molecule has 52 heavy (non-hydrogen) atoms. The predicted octanol–water partition coefficient (Wildman–Crippen LogP) is 11.7. The highest BCUT2D eigenvalue weighted by Gasteiger charge is 2.21. The predicted molar refractivity (Wildman–Crippen MR) is 214 cm³/mol. The molecule has 0 saturated carbocycles. The van der Waals surface area contributed by atoms with Gasteiger partial charge in [-0.3, -0.25) is 4.40 Å². The quantitative estimate of drug-likeness (QED) is 0.176. The zero-order chi connectivity index (χ0) is 34.2. The Bertz CT molecular complexity index is 3120. The van der Waals surface area contributed by atoms with Crippen molar-refractivity contribution in [1.29, 1.82) is 0 Å². The van der Waals surface area contributed by atoms with E-state index in [1.54, 1.807) is 0 Å². The number of benzene rings is 7. The van der Waals surface area contributed by atoms with Crippen molar-refractivity contribution in [2.45, 2.75) is 0 Å². The first-order valence-electron chi connectivity index (χ1n) is 17.5. The van der Waals surface area contributed by atoms with Gasteiger partial charge in [0.1, 0.15) is 11.2 Å². The lowest BCUT2D eigenvalue weighted by molar-refractivity contribution is 1.16. The minimum absolute atomic E-state index is 0.679. The summed E-state index contributed by atoms with van der Waals surface area (Å²) in [6, 6.07) is 61.7. The number of hydrogen-bond donors (Lipinski definition) is 0. The molecule has 0 spiro atoms. The van der Waals surface area contributed by atoms with Crippen LogP contribution >= 0.6 is 0 Å². The van der Waals surface area contributed by atoms with Gasteiger partial charge in [-0.25, -0.2) is 15.0 Å². The molecule has 0 aliphatic carbocycles. The van der Waals surface area contributed by atoms with Crippen LogP contribution in [0.15, 0.2) is 176 Å². The lowest BCUT2D eigenvalue weighted by Crippen LogP contribution is -1.98. The number of fused-ring (bicyclic) bond motifs is 12. The second kappa shape index (κ2) is 11.2. The van der Waals surface area contributed by atoms with Crippen LogP contribution in [-0.2, 0) is 0 Å². The molecule has 0 N–H and O–H groups in total. The van der Waals surface area contributed by atoms with Crippen LogP contribution in [0.4, 0.5) is 0 Å². The zero-order valence-electron chi connectivity index (χ0n) is 28.0. The first kappa shape index (κ1) is 28.7. The maximum atomic E-state index is 5.49. The van der Waals surface area contributed by atoms with Gasteiger partial charge in [-0.2, -0.15) is 0 Å². The molecule has 0 amide bonds. The zero-order valence-corrected chi connectivity index (χ0v) is 28.0. The molecule has 0 aliphatic heterocycles. The maximum Gasteiger partial charge on any atom is 0.160 e. The average Bonchev–Trinajstić information content (AvgIpc) is 3.79. The fraction of sp³-hybridized carbons (Fsp3) is 0. The van der Waals surface area contributed by atoms with E-state index in [4.69, 9.17) is 15.0 Å². The molecule has 5 nitrogen and oxygen atoms in total. The highest BCUT2D eigenvalue weighted by Crippen LogP contribution is 2.40. The Labute approximate surface area is 298 Å². The van der Waals surface area contributed by atoms with Gasteiger partial charge in [0.25, 0.3) is 0 Å². The standard InChI is InChI=1S/C47H29N5/c1-3-14-30(15-4-1)39-29-40(31-16-5-2-6-17-31)49-46(48-39)32-18-13-19-33(28-32)51-41-24-11-10-22-36(41)37-26-27-43-44(45(37)51)50-47-38-23-8-7-20-34(38)35-21-9-12-25-42(35)52(43)47/h1-29H. The largest absolute Gasteiger partial charge is 0.307 e. The molecular weight excluding hydrogens is 635 g/mol. The van der Waals surface area contributed by atoms with Gasteiger partial charge in [-0.15, -0.1) is 0 Å². The van der Waals surface area contributed by atoms with Crippen LogP contribution in [0, 0.1) is 0 Å². The van der Waals surface area contributed by atoms with E-state index in [1.165, 1.54) is 21.5 Å². The number of hydrogen-bond acceptors (Lipinski definition) is 3. The molecule has 4 aromatic heterocycles. The third-order valence-corrected chi connectivity index (χ3v) is 10.3. The van der Waals surface area contributed by atoms with Crippen molar-refractivity contribution in [3.63, 3.8) is 0 Å². The van der Waals surface area contributed by atoms with E-state index >= 15 is 0 Å². The summed E-state index contributed by atoms with van der Waals surface area (Å²) in [5, 5.41) is 5.91. The average molecular weight is 664 g/mol. The first-order valence-corrected chi connectivity index (χ1v) is 17.5. The summed E-state index contributed by atoms with van der Waals surface area (Å²) in [5.41, 5.74) is 12.2. The van der Waals surface area contributed by atoms with E-state index in [1.807, 2.05) is 36.4 Å². The third-order valence-electron chi connectivity index (χ3n) is 10.3. The molecule has 11 rings (SSSR count). The van der Waals surface area contributed by atoms with Crippen molar-refractivity contribution in [2.24, 2.45) is 0 Å². The molecule has 0 saturated heterocycles. The Morgan fingerprint density at radius 3 is 1.65 bits per heavy atom. The Hall–Kier alpha value is -7.11. The second-order valence-electron chi connectivity index (χ2n) is 13.3. The van der Waals surface area contributed by atoms with Gasteiger partial charge in [-0.1, -0.05) is 133 Å². The highest BCUT2D eigenvalue weighted by atomic mass is 15.1. The van der Waals surface area contributed by atoms with Crippen molar-refractivity contribution in [3.8, 4) is 39.6 Å². The summed E-state index contributed by atoms with van der Waals surface area (Å²) in [6.07, 6.45) is 0. The summed E-state index contributed by atoms with van der Waals surface area (Å²) >= 11 is 0. The molecular formula is C47H29N5. The number of para-hydroxylation sites is 2. The molecule has 0 atom stereocenters. The van der Waals surface area contributed by atoms with Crippen LogP contribution in [0.5, 0.6) is 0 Å². The number of pyridine rings is 1. The van der Waals surface area contributed by atoms with Crippen molar-refractivity contribution in [3.05, 3.63) is 176 Å². The lowest BCUT2D eigenvalue weighted by atomic mass is 10.1. The molecule has 0 aliphatic rings. The monoisotopic (exact) mass is 663 g/mol. The minimum atomic E-state index is 0.679. The number of imidazole rings is 1. The summed E-state index contributed by atoms with van der Waals surface area (Å²) < 4.78 is 4.70. The third kappa shape index (κ3) is 4.26. The number of rotatable bonds is 4. The topological polar surface area (TPSA) is 48.0 Å². The molecule has 0 fully saturated rings.